The number of pyridine rings is 1. The number of anilines is 1. The average Bonchev–Trinajstić information content (AvgIpc) is 2.59. The number of hydrogen-bond donors (Lipinski definition) is 1. The third-order valence-electron chi connectivity index (χ3n) is 5.49. The Morgan fingerprint density at radius 1 is 1.13 bits per heavy atom. The van der Waals surface area contributed by atoms with E-state index in [-0.39, 0.29) is 0 Å². The summed E-state index contributed by atoms with van der Waals surface area (Å²) < 4.78 is 0. The molecule has 0 radical (unpaired) electrons. The van der Waals surface area contributed by atoms with Crippen LogP contribution in [0.15, 0.2) is 30.5 Å². The molecule has 0 unspecified atom stereocenters. The lowest BCUT2D eigenvalue weighted by Crippen LogP contribution is -2.49. The Hall–Kier alpha value is -1.32. The van der Waals surface area contributed by atoms with Gasteiger partial charge in [0.25, 0.3) is 0 Å². The van der Waals surface area contributed by atoms with E-state index in [1.165, 1.54) is 50.9 Å². The molecule has 2 fully saturated rings. The number of benzene rings is 1. The van der Waals surface area contributed by atoms with Gasteiger partial charge < -0.3 is 10.2 Å². The third kappa shape index (κ3) is 3.17. The van der Waals surface area contributed by atoms with Gasteiger partial charge >= 0.3 is 0 Å². The lowest BCUT2D eigenvalue weighted by atomic mass is 9.83. The molecule has 3 nitrogen and oxygen atoms in total. The Morgan fingerprint density at radius 2 is 2.04 bits per heavy atom. The highest BCUT2D eigenvalue weighted by atomic mass is 35.5. The van der Waals surface area contributed by atoms with Gasteiger partial charge in [0.2, 0.25) is 0 Å². The van der Waals surface area contributed by atoms with Gasteiger partial charge in [-0.05, 0) is 69.0 Å². The molecule has 2 saturated heterocycles. The minimum atomic E-state index is 0.743. The molecule has 1 aromatic heterocycles. The summed E-state index contributed by atoms with van der Waals surface area (Å²) in [6.45, 7) is 3.67. The van der Waals surface area contributed by atoms with Crippen molar-refractivity contribution in [2.45, 2.75) is 38.1 Å². The molecule has 2 aromatic rings. The zero-order valence-electron chi connectivity index (χ0n) is 13.5. The molecule has 2 atom stereocenters. The van der Waals surface area contributed by atoms with Crippen LogP contribution in [0.4, 0.5) is 5.69 Å². The Labute approximate surface area is 143 Å². The number of rotatable bonds is 3. The lowest BCUT2D eigenvalue weighted by Gasteiger charge is -2.44. The molecule has 0 amide bonds. The van der Waals surface area contributed by atoms with Gasteiger partial charge in [0.15, 0.2) is 0 Å². The summed E-state index contributed by atoms with van der Waals surface area (Å²) in [5.41, 5.74) is 2.14. The zero-order chi connectivity index (χ0) is 15.6. The van der Waals surface area contributed by atoms with Crippen LogP contribution in [0, 0.1) is 5.92 Å². The van der Waals surface area contributed by atoms with E-state index in [9.17, 15) is 0 Å². The summed E-state index contributed by atoms with van der Waals surface area (Å²) >= 11 is 6.08. The van der Waals surface area contributed by atoms with E-state index in [0.29, 0.717) is 0 Å². The maximum atomic E-state index is 6.08. The second-order valence-corrected chi connectivity index (χ2v) is 7.34. The Kier molecular flexibility index (Phi) is 4.41. The van der Waals surface area contributed by atoms with E-state index in [2.05, 4.69) is 27.3 Å². The van der Waals surface area contributed by atoms with Crippen molar-refractivity contribution >= 4 is 28.2 Å². The normalized spacial score (nSPS) is 25.3. The van der Waals surface area contributed by atoms with E-state index in [1.807, 2.05) is 18.3 Å². The van der Waals surface area contributed by atoms with Crippen molar-refractivity contribution in [2.75, 3.05) is 25.0 Å². The lowest BCUT2D eigenvalue weighted by molar-refractivity contribution is 0.0649. The predicted octanol–water partition coefficient (Wildman–Crippen LogP) is 4.56. The van der Waals surface area contributed by atoms with E-state index < -0.39 is 0 Å². The summed E-state index contributed by atoms with van der Waals surface area (Å²) in [5, 5.41) is 5.60. The maximum Gasteiger partial charge on any atom is 0.0737 e. The number of nitrogens with zero attached hydrogens (tertiary/aromatic N) is 2. The highest BCUT2D eigenvalue weighted by Gasteiger charge is 2.32. The average molecular weight is 330 g/mol. The van der Waals surface area contributed by atoms with E-state index >= 15 is 0 Å². The van der Waals surface area contributed by atoms with Crippen molar-refractivity contribution in [3.8, 4) is 0 Å². The van der Waals surface area contributed by atoms with Gasteiger partial charge in [0, 0.05) is 34.9 Å². The standard InChI is InChI=1S/C19H24ClN3/c20-15-6-7-16-17(8-9-21-18(16)12-15)22-13-14-4-3-11-23-10-2-1-5-19(14)23/h6-9,12,14,19H,1-5,10-11,13H2,(H,21,22)/t14-,19+/m0/s1. The minimum Gasteiger partial charge on any atom is -0.384 e. The fourth-order valence-corrected chi connectivity index (χ4v) is 4.50. The van der Waals surface area contributed by atoms with Crippen LogP contribution in [0.1, 0.15) is 32.1 Å². The molecule has 3 heterocycles. The van der Waals surface area contributed by atoms with E-state index in [4.69, 9.17) is 11.6 Å². The van der Waals surface area contributed by atoms with Crippen LogP contribution in [0.25, 0.3) is 10.9 Å². The largest absolute Gasteiger partial charge is 0.384 e. The predicted molar refractivity (Wildman–Crippen MR) is 97.2 cm³/mol. The Balaban J connectivity index is 1.50. The van der Waals surface area contributed by atoms with Crippen LogP contribution in [-0.4, -0.2) is 35.6 Å². The first-order valence-corrected chi connectivity index (χ1v) is 9.21. The molecule has 2 aliphatic heterocycles. The maximum absolute atomic E-state index is 6.08. The number of halogens is 1. The van der Waals surface area contributed by atoms with Crippen LogP contribution in [0.3, 0.4) is 0 Å². The number of piperidine rings is 2. The SMILES string of the molecule is Clc1ccc2c(NC[C@@H]3CCCN4CCCC[C@H]34)ccnc2c1. The van der Waals surface area contributed by atoms with Crippen molar-refractivity contribution in [1.82, 2.24) is 9.88 Å². The van der Waals surface area contributed by atoms with Gasteiger partial charge in [-0.15, -0.1) is 0 Å². The van der Waals surface area contributed by atoms with Crippen molar-refractivity contribution in [3.63, 3.8) is 0 Å². The number of fused-ring (bicyclic) bond motifs is 2. The molecule has 1 aromatic carbocycles. The highest BCUT2D eigenvalue weighted by molar-refractivity contribution is 6.31. The van der Waals surface area contributed by atoms with Gasteiger partial charge in [-0.25, -0.2) is 0 Å². The summed E-state index contributed by atoms with van der Waals surface area (Å²) in [5.74, 6) is 0.763. The molecule has 122 valence electrons. The molecule has 4 rings (SSSR count). The summed E-state index contributed by atoms with van der Waals surface area (Å²) in [7, 11) is 0. The number of aromatic nitrogens is 1. The minimum absolute atomic E-state index is 0.743. The van der Waals surface area contributed by atoms with E-state index in [1.54, 1.807) is 0 Å². The fraction of sp³-hybridized carbons (Fsp3) is 0.526. The van der Waals surface area contributed by atoms with Crippen molar-refractivity contribution in [3.05, 3.63) is 35.5 Å². The van der Waals surface area contributed by atoms with Gasteiger partial charge in [-0.3, -0.25) is 4.98 Å². The van der Waals surface area contributed by atoms with Crippen LogP contribution in [0.2, 0.25) is 5.02 Å². The smallest absolute Gasteiger partial charge is 0.0737 e. The molecule has 4 heteroatoms. The van der Waals surface area contributed by atoms with Gasteiger partial charge in [0.05, 0.1) is 5.52 Å². The first-order chi connectivity index (χ1) is 11.3. The molecule has 0 aliphatic carbocycles. The Bertz CT molecular complexity index is 685. The first kappa shape index (κ1) is 15.2. The second-order valence-electron chi connectivity index (χ2n) is 6.90. The molecule has 2 aliphatic rings. The number of nitrogens with one attached hydrogen (secondary N) is 1. The zero-order valence-corrected chi connectivity index (χ0v) is 14.2. The molecule has 1 N–H and O–H groups in total. The van der Waals surface area contributed by atoms with Crippen molar-refractivity contribution < 1.29 is 0 Å². The van der Waals surface area contributed by atoms with Gasteiger partial charge in [-0.1, -0.05) is 18.0 Å². The third-order valence-corrected chi connectivity index (χ3v) is 5.72. The van der Waals surface area contributed by atoms with E-state index in [0.717, 1.165) is 34.4 Å². The molecular formula is C19H24ClN3. The monoisotopic (exact) mass is 329 g/mol. The Morgan fingerprint density at radius 3 is 3.00 bits per heavy atom. The molecule has 0 spiro atoms. The van der Waals surface area contributed by atoms with Gasteiger partial charge in [0.1, 0.15) is 0 Å². The topological polar surface area (TPSA) is 28.2 Å². The molecule has 23 heavy (non-hydrogen) atoms. The molecular weight excluding hydrogens is 306 g/mol. The highest BCUT2D eigenvalue weighted by Crippen LogP contribution is 2.32. The summed E-state index contributed by atoms with van der Waals surface area (Å²) in [6.07, 6.45) is 8.72. The fourth-order valence-electron chi connectivity index (χ4n) is 4.33. The van der Waals surface area contributed by atoms with Crippen molar-refractivity contribution in [1.29, 1.82) is 0 Å². The number of hydrogen-bond acceptors (Lipinski definition) is 3. The van der Waals surface area contributed by atoms with Crippen LogP contribution in [0.5, 0.6) is 0 Å². The van der Waals surface area contributed by atoms with Gasteiger partial charge in [-0.2, -0.15) is 0 Å². The van der Waals surface area contributed by atoms with Crippen LogP contribution in [-0.2, 0) is 0 Å². The van der Waals surface area contributed by atoms with Crippen LogP contribution >= 0.6 is 11.6 Å². The van der Waals surface area contributed by atoms with Crippen molar-refractivity contribution in [2.24, 2.45) is 5.92 Å². The molecule has 0 saturated carbocycles. The van der Waals surface area contributed by atoms with Crippen LogP contribution < -0.4 is 5.32 Å². The summed E-state index contributed by atoms with van der Waals surface area (Å²) in [4.78, 5) is 7.16. The quantitative estimate of drug-likeness (QED) is 0.894. The molecule has 0 bridgehead atoms. The second kappa shape index (κ2) is 6.66. The first-order valence-electron chi connectivity index (χ1n) is 8.83. The summed E-state index contributed by atoms with van der Waals surface area (Å²) in [6, 6.07) is 8.82.